The second kappa shape index (κ2) is 9.71. The van der Waals surface area contributed by atoms with Crippen LogP contribution in [0.4, 0.5) is 0 Å². The Hall–Kier alpha value is -0.830. The van der Waals surface area contributed by atoms with Crippen LogP contribution >= 0.6 is 0 Å². The molecule has 0 spiro atoms. The van der Waals surface area contributed by atoms with Crippen molar-refractivity contribution in [2.24, 2.45) is 5.73 Å². The molecule has 0 aromatic carbocycles. The van der Waals surface area contributed by atoms with E-state index >= 15 is 0 Å². The molecule has 1 amide bonds. The van der Waals surface area contributed by atoms with Crippen molar-refractivity contribution in [3.63, 3.8) is 0 Å². The van der Waals surface area contributed by atoms with Crippen LogP contribution in [0.3, 0.4) is 0 Å². The third kappa shape index (κ3) is 9.47. The first-order chi connectivity index (χ1) is 7.18. The first-order valence-corrected chi connectivity index (χ1v) is 5.72. The lowest BCUT2D eigenvalue weighted by Gasteiger charge is -2.01. The summed E-state index contributed by atoms with van der Waals surface area (Å²) in [7, 11) is 0. The van der Waals surface area contributed by atoms with Crippen LogP contribution < -0.4 is 5.73 Å². The zero-order valence-electron chi connectivity index (χ0n) is 9.92. The van der Waals surface area contributed by atoms with Crippen molar-refractivity contribution in [2.75, 3.05) is 13.2 Å². The van der Waals surface area contributed by atoms with E-state index in [0.29, 0.717) is 12.2 Å². The summed E-state index contributed by atoms with van der Waals surface area (Å²) in [5.41, 5.74) is 5.64. The SMILES string of the molecule is CCCCCCCOC/C=C(\C)C(N)=O. The zero-order chi connectivity index (χ0) is 11.5. The molecule has 2 N–H and O–H groups in total. The van der Waals surface area contributed by atoms with Gasteiger partial charge in [0.05, 0.1) is 6.61 Å². The molecule has 0 heterocycles. The number of carbonyl (C=O) groups excluding carboxylic acids is 1. The van der Waals surface area contributed by atoms with Gasteiger partial charge >= 0.3 is 0 Å². The molecule has 3 heteroatoms. The standard InChI is InChI=1S/C12H23NO2/c1-3-4-5-6-7-9-15-10-8-11(2)12(13)14/h8H,3-7,9-10H2,1-2H3,(H2,13,14)/b11-8+. The van der Waals surface area contributed by atoms with E-state index in [-0.39, 0.29) is 5.91 Å². The zero-order valence-corrected chi connectivity index (χ0v) is 9.92. The minimum Gasteiger partial charge on any atom is -0.377 e. The molecule has 3 nitrogen and oxygen atoms in total. The highest BCUT2D eigenvalue weighted by molar-refractivity contribution is 5.91. The molecule has 0 rings (SSSR count). The van der Waals surface area contributed by atoms with Gasteiger partial charge in [-0.2, -0.15) is 0 Å². The molecule has 0 unspecified atom stereocenters. The van der Waals surface area contributed by atoms with Gasteiger partial charge in [0.15, 0.2) is 0 Å². The van der Waals surface area contributed by atoms with Gasteiger partial charge in [-0.15, -0.1) is 0 Å². The van der Waals surface area contributed by atoms with Crippen molar-refractivity contribution in [2.45, 2.75) is 46.0 Å². The summed E-state index contributed by atoms with van der Waals surface area (Å²) in [5, 5.41) is 0. The lowest BCUT2D eigenvalue weighted by molar-refractivity contribution is -0.114. The van der Waals surface area contributed by atoms with Crippen LogP contribution in [0.2, 0.25) is 0 Å². The van der Waals surface area contributed by atoms with Crippen LogP contribution in [0.25, 0.3) is 0 Å². The lowest BCUT2D eigenvalue weighted by atomic mass is 10.2. The number of primary amides is 1. The Morgan fingerprint density at radius 2 is 1.93 bits per heavy atom. The second-order valence-corrected chi connectivity index (χ2v) is 3.74. The van der Waals surface area contributed by atoms with Gasteiger partial charge in [0, 0.05) is 12.2 Å². The Kier molecular flexibility index (Phi) is 9.18. The van der Waals surface area contributed by atoms with Crippen LogP contribution in [-0.4, -0.2) is 19.1 Å². The number of ether oxygens (including phenoxy) is 1. The smallest absolute Gasteiger partial charge is 0.244 e. The molecule has 0 aromatic rings. The van der Waals surface area contributed by atoms with Gasteiger partial charge in [-0.1, -0.05) is 38.7 Å². The Labute approximate surface area is 92.7 Å². The van der Waals surface area contributed by atoms with E-state index in [2.05, 4.69) is 6.92 Å². The van der Waals surface area contributed by atoms with Crippen molar-refractivity contribution in [1.29, 1.82) is 0 Å². The summed E-state index contributed by atoms with van der Waals surface area (Å²) in [6.07, 6.45) is 7.92. The van der Waals surface area contributed by atoms with E-state index in [0.717, 1.165) is 13.0 Å². The van der Waals surface area contributed by atoms with Gasteiger partial charge in [0.25, 0.3) is 0 Å². The number of rotatable bonds is 9. The van der Waals surface area contributed by atoms with Gasteiger partial charge in [0.2, 0.25) is 5.91 Å². The maximum absolute atomic E-state index is 10.6. The van der Waals surface area contributed by atoms with Gasteiger partial charge in [-0.05, 0) is 13.3 Å². The summed E-state index contributed by atoms with van der Waals surface area (Å²) >= 11 is 0. The lowest BCUT2D eigenvalue weighted by Crippen LogP contribution is -2.12. The Balaban J connectivity index is 3.25. The Morgan fingerprint density at radius 3 is 2.53 bits per heavy atom. The highest BCUT2D eigenvalue weighted by Gasteiger charge is 1.95. The molecule has 0 aliphatic carbocycles. The largest absolute Gasteiger partial charge is 0.377 e. The third-order valence-electron chi connectivity index (χ3n) is 2.29. The van der Waals surface area contributed by atoms with Crippen molar-refractivity contribution >= 4 is 5.91 Å². The number of carbonyl (C=O) groups is 1. The molecular formula is C12H23NO2. The number of hydrogen-bond acceptors (Lipinski definition) is 2. The van der Waals surface area contributed by atoms with Gasteiger partial charge in [-0.25, -0.2) is 0 Å². The van der Waals surface area contributed by atoms with E-state index in [1.54, 1.807) is 13.0 Å². The van der Waals surface area contributed by atoms with Crippen LogP contribution in [-0.2, 0) is 9.53 Å². The van der Waals surface area contributed by atoms with Crippen molar-refractivity contribution < 1.29 is 9.53 Å². The number of hydrogen-bond donors (Lipinski definition) is 1. The molecule has 0 saturated carbocycles. The minimum absolute atomic E-state index is 0.374. The highest BCUT2D eigenvalue weighted by Crippen LogP contribution is 2.02. The normalized spacial score (nSPS) is 11.7. The average molecular weight is 213 g/mol. The molecule has 0 bridgehead atoms. The quantitative estimate of drug-likeness (QED) is 0.472. The Morgan fingerprint density at radius 1 is 1.27 bits per heavy atom. The first kappa shape index (κ1) is 14.2. The number of unbranched alkanes of at least 4 members (excludes halogenated alkanes) is 4. The predicted octanol–water partition coefficient (Wildman–Crippen LogP) is 2.41. The van der Waals surface area contributed by atoms with E-state index in [4.69, 9.17) is 10.5 Å². The molecule has 88 valence electrons. The first-order valence-electron chi connectivity index (χ1n) is 5.72. The summed E-state index contributed by atoms with van der Waals surface area (Å²) in [4.78, 5) is 10.6. The fourth-order valence-corrected chi connectivity index (χ4v) is 1.18. The van der Waals surface area contributed by atoms with Crippen LogP contribution in [0.15, 0.2) is 11.6 Å². The highest BCUT2D eigenvalue weighted by atomic mass is 16.5. The maximum Gasteiger partial charge on any atom is 0.244 e. The summed E-state index contributed by atoms with van der Waals surface area (Å²) in [6.45, 7) is 5.16. The summed E-state index contributed by atoms with van der Waals surface area (Å²) in [6, 6.07) is 0. The van der Waals surface area contributed by atoms with E-state index < -0.39 is 0 Å². The summed E-state index contributed by atoms with van der Waals surface area (Å²) in [5.74, 6) is -0.374. The van der Waals surface area contributed by atoms with E-state index in [1.807, 2.05) is 0 Å². The third-order valence-corrected chi connectivity index (χ3v) is 2.29. The van der Waals surface area contributed by atoms with Crippen molar-refractivity contribution in [1.82, 2.24) is 0 Å². The van der Waals surface area contributed by atoms with E-state index in [9.17, 15) is 4.79 Å². The van der Waals surface area contributed by atoms with Crippen molar-refractivity contribution in [3.05, 3.63) is 11.6 Å². The maximum atomic E-state index is 10.6. The van der Waals surface area contributed by atoms with Crippen LogP contribution in [0.5, 0.6) is 0 Å². The number of amides is 1. The predicted molar refractivity (Wildman–Crippen MR) is 62.5 cm³/mol. The van der Waals surface area contributed by atoms with E-state index in [1.165, 1.54) is 25.7 Å². The van der Waals surface area contributed by atoms with Crippen LogP contribution in [0, 0.1) is 0 Å². The minimum atomic E-state index is -0.374. The molecule has 0 fully saturated rings. The average Bonchev–Trinajstić information content (AvgIpc) is 2.21. The molecule has 0 radical (unpaired) electrons. The Bertz CT molecular complexity index is 200. The monoisotopic (exact) mass is 213 g/mol. The van der Waals surface area contributed by atoms with Gasteiger partial charge in [-0.3, -0.25) is 4.79 Å². The van der Waals surface area contributed by atoms with Gasteiger partial charge < -0.3 is 10.5 Å². The molecular weight excluding hydrogens is 190 g/mol. The molecule has 0 aliphatic rings. The fraction of sp³-hybridized carbons (Fsp3) is 0.750. The molecule has 15 heavy (non-hydrogen) atoms. The summed E-state index contributed by atoms with van der Waals surface area (Å²) < 4.78 is 5.35. The molecule has 0 saturated heterocycles. The van der Waals surface area contributed by atoms with Crippen molar-refractivity contribution in [3.8, 4) is 0 Å². The molecule has 0 aliphatic heterocycles. The fourth-order valence-electron chi connectivity index (χ4n) is 1.18. The molecule has 0 aromatic heterocycles. The van der Waals surface area contributed by atoms with Crippen LogP contribution in [0.1, 0.15) is 46.0 Å². The van der Waals surface area contributed by atoms with Gasteiger partial charge in [0.1, 0.15) is 0 Å². The second-order valence-electron chi connectivity index (χ2n) is 3.74. The molecule has 0 atom stereocenters. The number of nitrogens with two attached hydrogens (primary N) is 1. The topological polar surface area (TPSA) is 52.3 Å².